The molecular weight excluding hydrogens is 236 g/mol. The molecule has 1 aliphatic rings. The monoisotopic (exact) mass is 262 g/mol. The zero-order valence-electron chi connectivity index (χ0n) is 12.4. The van der Waals surface area contributed by atoms with E-state index >= 15 is 0 Å². The van der Waals surface area contributed by atoms with Crippen molar-refractivity contribution >= 4 is 0 Å². The van der Waals surface area contributed by atoms with Crippen LogP contribution in [0.5, 0.6) is 5.75 Å². The number of hydrogen-bond donors (Lipinski definition) is 2. The fourth-order valence-corrected chi connectivity index (χ4v) is 2.97. The predicted octanol–water partition coefficient (Wildman–Crippen LogP) is 2.82. The van der Waals surface area contributed by atoms with Gasteiger partial charge in [0.2, 0.25) is 0 Å². The molecule has 3 N–H and O–H groups in total. The summed E-state index contributed by atoms with van der Waals surface area (Å²) in [4.78, 5) is 0. The maximum Gasteiger partial charge on any atom is 0.123 e. The van der Waals surface area contributed by atoms with Crippen LogP contribution in [0.3, 0.4) is 0 Å². The first-order valence-corrected chi connectivity index (χ1v) is 7.17. The summed E-state index contributed by atoms with van der Waals surface area (Å²) >= 11 is 0. The van der Waals surface area contributed by atoms with Crippen LogP contribution in [0.25, 0.3) is 0 Å². The number of rotatable bonds is 5. The number of benzene rings is 1. The molecule has 1 atom stereocenters. The topological polar surface area (TPSA) is 47.3 Å². The van der Waals surface area contributed by atoms with Gasteiger partial charge in [-0.15, -0.1) is 0 Å². The van der Waals surface area contributed by atoms with Crippen molar-refractivity contribution in [1.29, 1.82) is 0 Å². The van der Waals surface area contributed by atoms with Crippen LogP contribution in [-0.2, 0) is 0 Å². The summed E-state index contributed by atoms with van der Waals surface area (Å²) in [5, 5.41) is 3.43. The summed E-state index contributed by atoms with van der Waals surface area (Å²) in [6, 6.07) is 7.31. The molecule has 106 valence electrons. The third kappa shape index (κ3) is 2.93. The van der Waals surface area contributed by atoms with E-state index in [0.29, 0.717) is 23.9 Å². The first-order chi connectivity index (χ1) is 9.06. The molecule has 0 bridgehead atoms. The highest BCUT2D eigenvalue weighted by Gasteiger charge is 2.34. The van der Waals surface area contributed by atoms with E-state index in [1.807, 2.05) is 7.05 Å². The molecule has 1 saturated carbocycles. The van der Waals surface area contributed by atoms with E-state index in [9.17, 15) is 0 Å². The van der Waals surface area contributed by atoms with E-state index in [2.05, 4.69) is 37.4 Å². The van der Waals surface area contributed by atoms with Gasteiger partial charge in [0.1, 0.15) is 5.75 Å². The summed E-state index contributed by atoms with van der Waals surface area (Å²) in [6.07, 6.45) is 2.20. The Morgan fingerprint density at radius 3 is 2.47 bits per heavy atom. The lowest BCUT2D eigenvalue weighted by Gasteiger charge is -2.39. The van der Waals surface area contributed by atoms with Gasteiger partial charge in [-0.2, -0.15) is 0 Å². The third-order valence-corrected chi connectivity index (χ3v) is 4.25. The Bertz CT molecular complexity index is 425. The molecule has 19 heavy (non-hydrogen) atoms. The summed E-state index contributed by atoms with van der Waals surface area (Å²) in [5.41, 5.74) is 8.49. The Balaban J connectivity index is 2.26. The molecule has 0 amide bonds. The standard InChI is InChI=1S/C16H26N2O/c1-10(2)11-5-6-14(15(9-11)19-4)16(18-3)12-7-13(17)8-12/h5-6,9-10,12-13,16,18H,7-8,17H2,1-4H3. The number of methoxy groups -OCH3 is 1. The molecule has 0 saturated heterocycles. The Kier molecular flexibility index (Phi) is 4.48. The molecule has 1 aliphatic carbocycles. The summed E-state index contributed by atoms with van der Waals surface area (Å²) in [7, 11) is 3.77. The Morgan fingerprint density at radius 1 is 1.32 bits per heavy atom. The van der Waals surface area contributed by atoms with Crippen LogP contribution in [0.1, 0.15) is 49.8 Å². The average Bonchev–Trinajstić information content (AvgIpc) is 2.37. The third-order valence-electron chi connectivity index (χ3n) is 4.25. The van der Waals surface area contributed by atoms with Gasteiger partial charge >= 0.3 is 0 Å². The second kappa shape index (κ2) is 5.93. The van der Waals surface area contributed by atoms with Crippen molar-refractivity contribution in [1.82, 2.24) is 5.32 Å². The van der Waals surface area contributed by atoms with E-state index in [-0.39, 0.29) is 0 Å². The van der Waals surface area contributed by atoms with Crippen molar-refractivity contribution in [2.45, 2.75) is 44.7 Å². The second-order valence-electron chi connectivity index (χ2n) is 5.91. The molecule has 0 aromatic heterocycles. The Morgan fingerprint density at radius 2 is 2.00 bits per heavy atom. The van der Waals surface area contributed by atoms with Crippen LogP contribution in [0.15, 0.2) is 18.2 Å². The zero-order valence-corrected chi connectivity index (χ0v) is 12.4. The molecule has 3 heteroatoms. The maximum absolute atomic E-state index is 5.91. The number of nitrogens with two attached hydrogens (primary N) is 1. The second-order valence-corrected chi connectivity index (χ2v) is 5.91. The molecule has 1 aromatic carbocycles. The van der Waals surface area contributed by atoms with Gasteiger partial charge in [-0.05, 0) is 43.4 Å². The molecule has 3 nitrogen and oxygen atoms in total. The highest BCUT2D eigenvalue weighted by atomic mass is 16.5. The fourth-order valence-electron chi connectivity index (χ4n) is 2.97. The van der Waals surface area contributed by atoms with Crippen molar-refractivity contribution in [3.05, 3.63) is 29.3 Å². The largest absolute Gasteiger partial charge is 0.496 e. The van der Waals surface area contributed by atoms with Crippen molar-refractivity contribution in [2.24, 2.45) is 11.7 Å². The zero-order chi connectivity index (χ0) is 14.0. The van der Waals surface area contributed by atoms with Crippen LogP contribution in [0, 0.1) is 5.92 Å². The van der Waals surface area contributed by atoms with Gasteiger partial charge in [0, 0.05) is 17.6 Å². The minimum Gasteiger partial charge on any atom is -0.496 e. The van der Waals surface area contributed by atoms with E-state index in [1.165, 1.54) is 11.1 Å². The van der Waals surface area contributed by atoms with Gasteiger partial charge in [0.05, 0.1) is 7.11 Å². The van der Waals surface area contributed by atoms with Gasteiger partial charge in [-0.1, -0.05) is 26.0 Å². The van der Waals surface area contributed by atoms with Crippen LogP contribution in [-0.4, -0.2) is 20.2 Å². The fraction of sp³-hybridized carbons (Fsp3) is 0.625. The number of ether oxygens (including phenoxy) is 1. The average molecular weight is 262 g/mol. The normalized spacial score (nSPS) is 24.1. The van der Waals surface area contributed by atoms with Crippen molar-refractivity contribution in [3.63, 3.8) is 0 Å². The quantitative estimate of drug-likeness (QED) is 0.858. The number of hydrogen-bond acceptors (Lipinski definition) is 3. The highest BCUT2D eigenvalue weighted by Crippen LogP contribution is 2.40. The molecule has 1 unspecified atom stereocenters. The highest BCUT2D eigenvalue weighted by molar-refractivity contribution is 5.41. The first-order valence-electron chi connectivity index (χ1n) is 7.17. The van der Waals surface area contributed by atoms with E-state index in [1.54, 1.807) is 7.11 Å². The molecule has 0 radical (unpaired) electrons. The summed E-state index contributed by atoms with van der Waals surface area (Å²) in [5.74, 6) is 2.14. The van der Waals surface area contributed by atoms with E-state index in [0.717, 1.165) is 18.6 Å². The molecule has 0 spiro atoms. The molecular formula is C16H26N2O. The van der Waals surface area contributed by atoms with Crippen molar-refractivity contribution < 1.29 is 4.74 Å². The predicted molar refractivity (Wildman–Crippen MR) is 79.6 cm³/mol. The van der Waals surface area contributed by atoms with Crippen LogP contribution in [0.2, 0.25) is 0 Å². The smallest absolute Gasteiger partial charge is 0.123 e. The summed E-state index contributed by atoms with van der Waals surface area (Å²) in [6.45, 7) is 4.41. The Hall–Kier alpha value is -1.06. The van der Waals surface area contributed by atoms with E-state index < -0.39 is 0 Å². The lowest BCUT2D eigenvalue weighted by atomic mass is 9.73. The van der Waals surface area contributed by atoms with Gasteiger partial charge in [0.25, 0.3) is 0 Å². The van der Waals surface area contributed by atoms with Crippen molar-refractivity contribution in [2.75, 3.05) is 14.2 Å². The van der Waals surface area contributed by atoms with Gasteiger partial charge in [-0.25, -0.2) is 0 Å². The first kappa shape index (κ1) is 14.4. The number of nitrogens with one attached hydrogen (secondary N) is 1. The van der Waals surface area contributed by atoms with Crippen LogP contribution in [0.4, 0.5) is 0 Å². The maximum atomic E-state index is 5.91. The SMILES string of the molecule is CNC(c1ccc(C(C)C)cc1OC)C1CC(N)C1. The van der Waals surface area contributed by atoms with Crippen molar-refractivity contribution in [3.8, 4) is 5.75 Å². The Labute approximate surface area is 116 Å². The lowest BCUT2D eigenvalue weighted by Crippen LogP contribution is -2.42. The minimum atomic E-state index is 0.343. The summed E-state index contributed by atoms with van der Waals surface area (Å²) < 4.78 is 5.59. The molecule has 2 rings (SSSR count). The van der Waals surface area contributed by atoms with Crippen LogP contribution >= 0.6 is 0 Å². The van der Waals surface area contributed by atoms with E-state index in [4.69, 9.17) is 10.5 Å². The van der Waals surface area contributed by atoms with Gasteiger partial charge in [0.15, 0.2) is 0 Å². The molecule has 0 aliphatic heterocycles. The molecule has 0 heterocycles. The lowest BCUT2D eigenvalue weighted by molar-refractivity contribution is 0.201. The molecule has 1 aromatic rings. The minimum absolute atomic E-state index is 0.343. The van der Waals surface area contributed by atoms with Gasteiger partial charge < -0.3 is 15.8 Å². The molecule has 1 fully saturated rings. The van der Waals surface area contributed by atoms with Crippen LogP contribution < -0.4 is 15.8 Å². The van der Waals surface area contributed by atoms with Gasteiger partial charge in [-0.3, -0.25) is 0 Å².